The lowest BCUT2D eigenvalue weighted by atomic mass is 10.1. The Kier molecular flexibility index (Phi) is 2.82. The summed E-state index contributed by atoms with van der Waals surface area (Å²) in [5, 5.41) is 0.391. The van der Waals surface area contributed by atoms with Gasteiger partial charge < -0.3 is 4.79 Å². The molecule has 0 spiro atoms. The van der Waals surface area contributed by atoms with Gasteiger partial charge in [-0.15, -0.1) is 0 Å². The highest BCUT2D eigenvalue weighted by Crippen LogP contribution is 2.20. The molecule has 0 fully saturated rings. The molecule has 0 aromatic heterocycles. The number of rotatable bonds is 2. The minimum absolute atomic E-state index is 0.101. The first kappa shape index (κ1) is 9.20. The van der Waals surface area contributed by atoms with Crippen molar-refractivity contribution in [3.05, 3.63) is 34.1 Å². The third-order valence-corrected chi connectivity index (χ3v) is 2.11. The molecule has 0 saturated heterocycles. The fraction of sp³-hybridized carbons (Fsp3) is 0.222. The lowest BCUT2D eigenvalue weighted by Crippen LogP contribution is -1.94. The molecule has 1 aromatic carbocycles. The summed E-state index contributed by atoms with van der Waals surface area (Å²) in [4.78, 5) is 10.1. The van der Waals surface area contributed by atoms with Crippen LogP contribution in [0, 0.1) is 12.7 Å². The van der Waals surface area contributed by atoms with Crippen LogP contribution in [0.15, 0.2) is 12.1 Å². The number of hydrogen-bond acceptors (Lipinski definition) is 1. The first-order valence-electron chi connectivity index (χ1n) is 3.54. The average Bonchev–Trinajstić information content (AvgIpc) is 2.07. The van der Waals surface area contributed by atoms with Crippen LogP contribution in [0.1, 0.15) is 11.1 Å². The van der Waals surface area contributed by atoms with Gasteiger partial charge in [-0.2, -0.15) is 0 Å². The van der Waals surface area contributed by atoms with Crippen molar-refractivity contribution in [3.63, 3.8) is 0 Å². The third-order valence-electron chi connectivity index (χ3n) is 1.70. The van der Waals surface area contributed by atoms with Crippen molar-refractivity contribution in [2.75, 3.05) is 0 Å². The van der Waals surface area contributed by atoms with Gasteiger partial charge in [-0.05, 0) is 18.6 Å². The van der Waals surface area contributed by atoms with Crippen LogP contribution in [-0.2, 0) is 11.2 Å². The van der Waals surface area contributed by atoms with E-state index in [1.807, 2.05) is 0 Å². The molecule has 0 saturated carbocycles. The van der Waals surface area contributed by atoms with Gasteiger partial charge in [0.2, 0.25) is 0 Å². The van der Waals surface area contributed by atoms with Gasteiger partial charge in [0.1, 0.15) is 12.1 Å². The number of aldehydes is 1. The van der Waals surface area contributed by atoms with Gasteiger partial charge in [0.15, 0.2) is 0 Å². The van der Waals surface area contributed by atoms with Gasteiger partial charge >= 0.3 is 0 Å². The predicted octanol–water partition coefficient (Wildman–Crippen LogP) is 2.53. The van der Waals surface area contributed by atoms with Crippen LogP contribution in [0.25, 0.3) is 0 Å². The van der Waals surface area contributed by atoms with Gasteiger partial charge in [0.25, 0.3) is 0 Å². The van der Waals surface area contributed by atoms with E-state index >= 15 is 0 Å². The van der Waals surface area contributed by atoms with Crippen molar-refractivity contribution in [2.45, 2.75) is 13.3 Å². The van der Waals surface area contributed by atoms with Crippen LogP contribution in [0.4, 0.5) is 4.39 Å². The standard InChI is InChI=1S/C9H8ClFO/c1-6-8(10)3-2-7(4-5-12)9(6)11/h2-3,5H,4H2,1H3. The predicted molar refractivity (Wildman–Crippen MR) is 45.9 cm³/mol. The Labute approximate surface area is 75.2 Å². The second-order valence-corrected chi connectivity index (χ2v) is 2.92. The molecule has 0 aliphatic heterocycles. The molecule has 0 radical (unpaired) electrons. The molecule has 0 aliphatic rings. The zero-order chi connectivity index (χ0) is 9.14. The molecule has 1 nitrogen and oxygen atoms in total. The highest BCUT2D eigenvalue weighted by Gasteiger charge is 2.07. The summed E-state index contributed by atoms with van der Waals surface area (Å²) < 4.78 is 13.2. The molecule has 12 heavy (non-hydrogen) atoms. The van der Waals surface area contributed by atoms with Crippen LogP contribution < -0.4 is 0 Å². The zero-order valence-corrected chi connectivity index (χ0v) is 7.36. The molecule has 0 N–H and O–H groups in total. The van der Waals surface area contributed by atoms with E-state index in [9.17, 15) is 9.18 Å². The maximum atomic E-state index is 13.2. The highest BCUT2D eigenvalue weighted by atomic mass is 35.5. The van der Waals surface area contributed by atoms with Crippen molar-refractivity contribution in [3.8, 4) is 0 Å². The number of benzene rings is 1. The second kappa shape index (κ2) is 3.68. The van der Waals surface area contributed by atoms with Gasteiger partial charge in [-0.25, -0.2) is 4.39 Å². The molecule has 1 rings (SSSR count). The molecule has 0 aliphatic carbocycles. The Morgan fingerprint density at radius 2 is 2.25 bits per heavy atom. The number of carbonyl (C=O) groups excluding carboxylic acids is 1. The fourth-order valence-corrected chi connectivity index (χ4v) is 1.11. The van der Waals surface area contributed by atoms with E-state index in [0.29, 0.717) is 22.4 Å². The molecule has 0 bridgehead atoms. The van der Waals surface area contributed by atoms with Crippen molar-refractivity contribution in [1.29, 1.82) is 0 Å². The largest absolute Gasteiger partial charge is 0.303 e. The fourth-order valence-electron chi connectivity index (χ4n) is 0.965. The summed E-state index contributed by atoms with van der Waals surface area (Å²) in [6, 6.07) is 3.12. The van der Waals surface area contributed by atoms with Gasteiger partial charge in [0, 0.05) is 17.0 Å². The Morgan fingerprint density at radius 1 is 1.58 bits per heavy atom. The van der Waals surface area contributed by atoms with Crippen LogP contribution >= 0.6 is 11.6 Å². The Morgan fingerprint density at radius 3 is 2.83 bits per heavy atom. The van der Waals surface area contributed by atoms with Crippen LogP contribution in [-0.4, -0.2) is 6.29 Å². The van der Waals surface area contributed by atoms with Crippen molar-refractivity contribution in [1.82, 2.24) is 0 Å². The number of hydrogen-bond donors (Lipinski definition) is 0. The third kappa shape index (κ3) is 1.64. The topological polar surface area (TPSA) is 17.1 Å². The smallest absolute Gasteiger partial charge is 0.131 e. The summed E-state index contributed by atoms with van der Waals surface area (Å²) >= 11 is 5.66. The molecule has 1 aromatic rings. The van der Waals surface area contributed by atoms with Crippen molar-refractivity contribution in [2.24, 2.45) is 0 Å². The van der Waals surface area contributed by atoms with E-state index in [-0.39, 0.29) is 12.2 Å². The maximum Gasteiger partial charge on any atom is 0.131 e. The molecule has 0 heterocycles. The van der Waals surface area contributed by atoms with Crippen molar-refractivity contribution < 1.29 is 9.18 Å². The van der Waals surface area contributed by atoms with E-state index in [2.05, 4.69) is 0 Å². The van der Waals surface area contributed by atoms with Crippen molar-refractivity contribution >= 4 is 17.9 Å². The monoisotopic (exact) mass is 186 g/mol. The number of carbonyl (C=O) groups is 1. The van der Waals surface area contributed by atoms with Crippen LogP contribution in [0.3, 0.4) is 0 Å². The second-order valence-electron chi connectivity index (χ2n) is 2.52. The zero-order valence-electron chi connectivity index (χ0n) is 6.60. The summed E-state index contributed by atoms with van der Waals surface area (Å²) in [6.07, 6.45) is 0.773. The minimum atomic E-state index is -0.380. The molecular weight excluding hydrogens is 179 g/mol. The van der Waals surface area contributed by atoms with E-state index in [1.54, 1.807) is 13.0 Å². The maximum absolute atomic E-state index is 13.2. The summed E-state index contributed by atoms with van der Waals surface area (Å²) in [5.74, 6) is -0.380. The Hall–Kier alpha value is -0.890. The quantitative estimate of drug-likeness (QED) is 0.649. The minimum Gasteiger partial charge on any atom is -0.303 e. The summed E-state index contributed by atoms with van der Waals surface area (Å²) in [7, 11) is 0. The van der Waals surface area contributed by atoms with Crippen LogP contribution in [0.5, 0.6) is 0 Å². The summed E-state index contributed by atoms with van der Waals surface area (Å²) in [6.45, 7) is 1.59. The Bertz CT molecular complexity index is 310. The summed E-state index contributed by atoms with van der Waals surface area (Å²) in [5.41, 5.74) is 0.794. The van der Waals surface area contributed by atoms with E-state index in [1.165, 1.54) is 6.07 Å². The molecule has 0 atom stereocenters. The first-order chi connectivity index (χ1) is 5.66. The molecule has 64 valence electrons. The molecular formula is C9H8ClFO. The van der Waals surface area contributed by atoms with Gasteiger partial charge in [0.05, 0.1) is 0 Å². The highest BCUT2D eigenvalue weighted by molar-refractivity contribution is 6.31. The lowest BCUT2D eigenvalue weighted by molar-refractivity contribution is -0.107. The normalized spacial score (nSPS) is 9.92. The number of halogens is 2. The van der Waals surface area contributed by atoms with Gasteiger partial charge in [-0.3, -0.25) is 0 Å². The SMILES string of the molecule is Cc1c(Cl)ccc(CC=O)c1F. The average molecular weight is 187 g/mol. The Balaban J connectivity index is 3.16. The van der Waals surface area contributed by atoms with Gasteiger partial charge in [-0.1, -0.05) is 17.7 Å². The van der Waals surface area contributed by atoms with E-state index < -0.39 is 0 Å². The first-order valence-corrected chi connectivity index (χ1v) is 3.91. The van der Waals surface area contributed by atoms with E-state index in [4.69, 9.17) is 11.6 Å². The molecule has 3 heteroatoms. The van der Waals surface area contributed by atoms with E-state index in [0.717, 1.165) is 0 Å². The lowest BCUT2D eigenvalue weighted by Gasteiger charge is -2.03. The molecule has 0 amide bonds. The van der Waals surface area contributed by atoms with Crippen LogP contribution in [0.2, 0.25) is 5.02 Å². The molecule has 0 unspecified atom stereocenters.